The molecular formula is C15H18N2OS. The maximum atomic E-state index is 12.7. The number of hydrogen-bond donors (Lipinski definition) is 0. The molecule has 3 rings (SSSR count). The largest absolute Gasteiger partial charge is 0.284 e. The van der Waals surface area contributed by atoms with Crippen LogP contribution in [-0.4, -0.2) is 15.3 Å². The molecule has 1 aliphatic carbocycles. The Balaban J connectivity index is 2.23. The maximum absolute atomic E-state index is 12.7. The molecule has 1 fully saturated rings. The number of benzene rings is 1. The zero-order valence-corrected chi connectivity index (χ0v) is 11.9. The van der Waals surface area contributed by atoms with Gasteiger partial charge in [0.1, 0.15) is 0 Å². The zero-order chi connectivity index (χ0) is 13.2. The molecule has 0 amide bonds. The topological polar surface area (TPSA) is 34.9 Å². The summed E-state index contributed by atoms with van der Waals surface area (Å²) in [7, 11) is 0. The second kappa shape index (κ2) is 5.37. The van der Waals surface area contributed by atoms with Crippen LogP contribution in [0.2, 0.25) is 0 Å². The van der Waals surface area contributed by atoms with Gasteiger partial charge in [-0.2, -0.15) is 0 Å². The van der Waals surface area contributed by atoms with Gasteiger partial charge in [0.25, 0.3) is 5.56 Å². The number of para-hydroxylation sites is 1. The second-order valence-electron chi connectivity index (χ2n) is 4.96. The summed E-state index contributed by atoms with van der Waals surface area (Å²) in [6, 6.07) is 8.01. The van der Waals surface area contributed by atoms with Crippen LogP contribution in [0.15, 0.2) is 34.2 Å². The molecule has 0 saturated heterocycles. The summed E-state index contributed by atoms with van der Waals surface area (Å²) in [4.78, 5) is 17.4. The smallest absolute Gasteiger partial charge is 0.262 e. The molecular weight excluding hydrogens is 256 g/mol. The normalized spacial score (nSPS) is 16.3. The molecule has 3 nitrogen and oxygen atoms in total. The van der Waals surface area contributed by atoms with Crippen LogP contribution in [0.4, 0.5) is 0 Å². The van der Waals surface area contributed by atoms with E-state index in [2.05, 4.69) is 6.92 Å². The highest BCUT2D eigenvalue weighted by Crippen LogP contribution is 2.31. The molecule has 1 aromatic carbocycles. The first-order chi connectivity index (χ1) is 9.31. The zero-order valence-electron chi connectivity index (χ0n) is 11.1. The number of hydrogen-bond acceptors (Lipinski definition) is 3. The van der Waals surface area contributed by atoms with E-state index in [4.69, 9.17) is 4.98 Å². The van der Waals surface area contributed by atoms with E-state index in [9.17, 15) is 4.79 Å². The molecule has 0 radical (unpaired) electrons. The lowest BCUT2D eigenvalue weighted by atomic mass is 10.2. The standard InChI is InChI=1S/C15H18N2OS/c1-2-19-15-16-13-10-6-5-9-12(13)14(18)17(15)11-7-3-4-8-11/h5-6,9-11H,2-4,7-8H2,1H3. The summed E-state index contributed by atoms with van der Waals surface area (Å²) in [6.07, 6.45) is 4.66. The monoisotopic (exact) mass is 274 g/mol. The van der Waals surface area contributed by atoms with Crippen molar-refractivity contribution >= 4 is 22.7 Å². The van der Waals surface area contributed by atoms with Crippen molar-refractivity contribution in [2.24, 2.45) is 0 Å². The summed E-state index contributed by atoms with van der Waals surface area (Å²) >= 11 is 1.67. The molecule has 1 aromatic heterocycles. The Morgan fingerprint density at radius 1 is 1.32 bits per heavy atom. The molecule has 4 heteroatoms. The van der Waals surface area contributed by atoms with Crippen LogP contribution in [0.3, 0.4) is 0 Å². The van der Waals surface area contributed by atoms with Gasteiger partial charge < -0.3 is 0 Å². The van der Waals surface area contributed by atoms with Crippen LogP contribution in [0.1, 0.15) is 38.6 Å². The lowest BCUT2D eigenvalue weighted by Crippen LogP contribution is -2.26. The first-order valence-corrected chi connectivity index (χ1v) is 7.94. The first-order valence-electron chi connectivity index (χ1n) is 6.95. The van der Waals surface area contributed by atoms with E-state index in [0.29, 0.717) is 6.04 Å². The predicted octanol–water partition coefficient (Wildman–Crippen LogP) is 3.62. The highest BCUT2D eigenvalue weighted by molar-refractivity contribution is 7.99. The van der Waals surface area contributed by atoms with Crippen LogP contribution in [-0.2, 0) is 0 Å². The van der Waals surface area contributed by atoms with E-state index in [1.165, 1.54) is 12.8 Å². The molecule has 0 aliphatic heterocycles. The van der Waals surface area contributed by atoms with Crippen LogP contribution < -0.4 is 5.56 Å². The predicted molar refractivity (Wildman–Crippen MR) is 79.9 cm³/mol. The van der Waals surface area contributed by atoms with Gasteiger partial charge in [-0.05, 0) is 30.7 Å². The summed E-state index contributed by atoms with van der Waals surface area (Å²) in [6.45, 7) is 2.10. The summed E-state index contributed by atoms with van der Waals surface area (Å²) in [5, 5.41) is 1.63. The summed E-state index contributed by atoms with van der Waals surface area (Å²) in [5.74, 6) is 0.942. The lowest BCUT2D eigenvalue weighted by Gasteiger charge is -2.18. The van der Waals surface area contributed by atoms with E-state index in [-0.39, 0.29) is 5.56 Å². The van der Waals surface area contributed by atoms with Crippen molar-refractivity contribution in [3.05, 3.63) is 34.6 Å². The number of thioether (sulfide) groups is 1. The van der Waals surface area contributed by atoms with Gasteiger partial charge in [0.2, 0.25) is 0 Å². The van der Waals surface area contributed by atoms with Crippen molar-refractivity contribution in [1.82, 2.24) is 9.55 Å². The maximum Gasteiger partial charge on any atom is 0.262 e. The first kappa shape index (κ1) is 12.7. The summed E-state index contributed by atoms with van der Waals surface area (Å²) < 4.78 is 1.95. The average molecular weight is 274 g/mol. The van der Waals surface area contributed by atoms with Crippen LogP contribution in [0, 0.1) is 0 Å². The molecule has 100 valence electrons. The van der Waals surface area contributed by atoms with E-state index < -0.39 is 0 Å². The van der Waals surface area contributed by atoms with Crippen molar-refractivity contribution in [2.75, 3.05) is 5.75 Å². The van der Waals surface area contributed by atoms with Crippen LogP contribution >= 0.6 is 11.8 Å². The fraction of sp³-hybridized carbons (Fsp3) is 0.467. The van der Waals surface area contributed by atoms with Crippen molar-refractivity contribution in [1.29, 1.82) is 0 Å². The molecule has 1 aliphatic rings. The lowest BCUT2D eigenvalue weighted by molar-refractivity contribution is 0.457. The van der Waals surface area contributed by atoms with Crippen molar-refractivity contribution in [3.8, 4) is 0 Å². The third kappa shape index (κ3) is 2.29. The number of fused-ring (bicyclic) bond motifs is 1. The molecule has 1 saturated carbocycles. The molecule has 0 N–H and O–H groups in total. The minimum Gasteiger partial charge on any atom is -0.284 e. The van der Waals surface area contributed by atoms with Gasteiger partial charge in [0, 0.05) is 6.04 Å². The minimum absolute atomic E-state index is 0.133. The summed E-state index contributed by atoms with van der Waals surface area (Å²) in [5.41, 5.74) is 0.950. The van der Waals surface area contributed by atoms with Gasteiger partial charge in [-0.3, -0.25) is 9.36 Å². The van der Waals surface area contributed by atoms with Crippen molar-refractivity contribution in [2.45, 2.75) is 43.8 Å². The molecule has 0 bridgehead atoms. The van der Waals surface area contributed by atoms with Gasteiger partial charge in [0.15, 0.2) is 5.16 Å². The fourth-order valence-corrected chi connectivity index (χ4v) is 3.63. The van der Waals surface area contributed by atoms with Gasteiger partial charge in [0.05, 0.1) is 10.9 Å². The van der Waals surface area contributed by atoms with Crippen molar-refractivity contribution < 1.29 is 0 Å². The Morgan fingerprint density at radius 3 is 2.79 bits per heavy atom. The Bertz CT molecular complexity index is 644. The highest BCUT2D eigenvalue weighted by Gasteiger charge is 2.22. The Labute approximate surface area is 117 Å². The number of nitrogens with zero attached hydrogens (tertiary/aromatic N) is 2. The fourth-order valence-electron chi connectivity index (χ4n) is 2.84. The molecule has 0 unspecified atom stereocenters. The van der Waals surface area contributed by atoms with Crippen LogP contribution in [0.5, 0.6) is 0 Å². The molecule has 0 spiro atoms. The van der Waals surface area contributed by atoms with Crippen molar-refractivity contribution in [3.63, 3.8) is 0 Å². The minimum atomic E-state index is 0.133. The Hall–Kier alpha value is -1.29. The van der Waals surface area contributed by atoms with E-state index in [1.54, 1.807) is 11.8 Å². The Morgan fingerprint density at radius 2 is 2.05 bits per heavy atom. The number of rotatable bonds is 3. The van der Waals surface area contributed by atoms with E-state index in [1.807, 2.05) is 28.8 Å². The quantitative estimate of drug-likeness (QED) is 0.633. The van der Waals surface area contributed by atoms with Gasteiger partial charge in [-0.15, -0.1) is 0 Å². The molecule has 2 aromatic rings. The van der Waals surface area contributed by atoms with Gasteiger partial charge in [-0.25, -0.2) is 4.98 Å². The number of aromatic nitrogens is 2. The third-order valence-electron chi connectivity index (χ3n) is 3.74. The van der Waals surface area contributed by atoms with Crippen LogP contribution in [0.25, 0.3) is 10.9 Å². The second-order valence-corrected chi connectivity index (χ2v) is 6.19. The third-order valence-corrected chi connectivity index (χ3v) is 4.57. The Kier molecular flexibility index (Phi) is 3.60. The van der Waals surface area contributed by atoms with E-state index >= 15 is 0 Å². The average Bonchev–Trinajstić information content (AvgIpc) is 2.93. The van der Waals surface area contributed by atoms with Gasteiger partial charge >= 0.3 is 0 Å². The molecule has 1 heterocycles. The SMILES string of the molecule is CCSc1nc2ccccc2c(=O)n1C1CCCC1. The van der Waals surface area contributed by atoms with E-state index in [0.717, 1.165) is 34.7 Å². The van der Waals surface area contributed by atoms with Gasteiger partial charge in [-0.1, -0.05) is 43.7 Å². The highest BCUT2D eigenvalue weighted by atomic mass is 32.2. The molecule has 0 atom stereocenters. The molecule has 19 heavy (non-hydrogen) atoms.